The van der Waals surface area contributed by atoms with E-state index in [-0.39, 0.29) is 12.5 Å². The van der Waals surface area contributed by atoms with Gasteiger partial charge in [0.1, 0.15) is 48.8 Å². The summed E-state index contributed by atoms with van der Waals surface area (Å²) in [7, 11) is 0. The Morgan fingerprint density at radius 1 is 0.395 bits per heavy atom. The molecule has 14 nitrogen and oxygen atoms in total. The first-order chi connectivity index (χ1) is 39.6. The van der Waals surface area contributed by atoms with Crippen molar-refractivity contribution in [2.24, 2.45) is 0 Å². The van der Waals surface area contributed by atoms with Gasteiger partial charge in [0.2, 0.25) is 5.91 Å². The van der Waals surface area contributed by atoms with Crippen molar-refractivity contribution < 1.29 is 64.6 Å². The predicted molar refractivity (Wildman–Crippen MR) is 328 cm³/mol. The zero-order valence-corrected chi connectivity index (χ0v) is 52.3. The minimum absolute atomic E-state index is 0.199. The fourth-order valence-corrected chi connectivity index (χ4v) is 12.0. The monoisotopic (exact) mass is 1160 g/mol. The molecule has 14 heteroatoms. The van der Waals surface area contributed by atoms with Crippen LogP contribution in [-0.2, 0) is 23.7 Å². The lowest BCUT2D eigenvalue weighted by atomic mass is 9.97. The third-order valence-electron chi connectivity index (χ3n) is 17.6. The summed E-state index contributed by atoms with van der Waals surface area (Å²) in [6.07, 6.45) is 45.6. The van der Waals surface area contributed by atoms with Crippen LogP contribution in [0.5, 0.6) is 0 Å². The average Bonchev–Trinajstić information content (AvgIpc) is 3.46. The van der Waals surface area contributed by atoms with Gasteiger partial charge in [-0.05, 0) is 12.8 Å². The largest absolute Gasteiger partial charge is 0.394 e. The standard InChI is InChI=1S/C67H131NO13/c1-3-5-7-9-11-13-15-17-19-21-22-23-24-25-26-27-28-29-30-31-32-33-34-35-36-38-40-42-44-46-48-50-56(71)55(68-59(72)51-49-47-45-43-41-39-37-20-18-16-14-12-10-8-6-4-2)54-78-66-64(77)62(75)65(58(53-70)80-66)81-67-63(76)61(74)60(73)57(52-69)79-67/h55-58,60-67,69-71,73-77H,3-54H2,1-2H3,(H,68,72). The Hall–Kier alpha value is -1.01. The molecule has 2 aliphatic rings. The molecule has 0 radical (unpaired) electrons. The molecule has 0 saturated carbocycles. The van der Waals surface area contributed by atoms with Crippen LogP contribution in [0, 0.1) is 0 Å². The molecule has 2 saturated heterocycles. The summed E-state index contributed by atoms with van der Waals surface area (Å²) in [5.41, 5.74) is 0. The van der Waals surface area contributed by atoms with E-state index in [2.05, 4.69) is 19.2 Å². The zero-order valence-electron chi connectivity index (χ0n) is 52.3. The van der Waals surface area contributed by atoms with E-state index >= 15 is 0 Å². The number of aliphatic hydroxyl groups is 8. The number of rotatable bonds is 58. The van der Waals surface area contributed by atoms with E-state index in [0.717, 1.165) is 51.4 Å². The number of amides is 1. The van der Waals surface area contributed by atoms with Crippen LogP contribution in [-0.4, -0.2) is 140 Å². The first kappa shape index (κ1) is 76.1. The summed E-state index contributed by atoms with van der Waals surface area (Å²) >= 11 is 0. The van der Waals surface area contributed by atoms with Gasteiger partial charge in [-0.1, -0.05) is 309 Å². The molecule has 0 aromatic heterocycles. The van der Waals surface area contributed by atoms with E-state index in [4.69, 9.17) is 18.9 Å². The first-order valence-corrected chi connectivity index (χ1v) is 34.8. The Balaban J connectivity index is 1.63. The van der Waals surface area contributed by atoms with Crippen molar-refractivity contribution in [1.82, 2.24) is 5.32 Å². The minimum atomic E-state index is -1.78. The van der Waals surface area contributed by atoms with E-state index in [1.54, 1.807) is 0 Å². The quantitative estimate of drug-likeness (QED) is 0.0259. The van der Waals surface area contributed by atoms with E-state index < -0.39 is 86.8 Å². The van der Waals surface area contributed by atoms with E-state index in [9.17, 15) is 45.6 Å². The normalized spacial score (nSPS) is 24.0. The summed E-state index contributed by atoms with van der Waals surface area (Å²) in [5, 5.41) is 87.5. The van der Waals surface area contributed by atoms with E-state index in [0.29, 0.717) is 12.8 Å². The maximum atomic E-state index is 13.3. The summed E-state index contributed by atoms with van der Waals surface area (Å²) in [5.74, 6) is -0.199. The zero-order chi connectivity index (χ0) is 58.8. The Kier molecular flexibility index (Phi) is 50.0. The molecule has 2 heterocycles. The van der Waals surface area contributed by atoms with Crippen molar-refractivity contribution >= 4 is 5.91 Å². The highest BCUT2D eigenvalue weighted by atomic mass is 16.7. The lowest BCUT2D eigenvalue weighted by molar-refractivity contribution is -0.359. The summed E-state index contributed by atoms with van der Waals surface area (Å²) in [4.78, 5) is 13.3. The minimum Gasteiger partial charge on any atom is -0.394 e. The fraction of sp³-hybridized carbons (Fsp3) is 0.985. The number of nitrogens with one attached hydrogen (secondary N) is 1. The molecule has 12 unspecified atom stereocenters. The van der Waals surface area contributed by atoms with Crippen LogP contribution in [0.25, 0.3) is 0 Å². The second-order valence-corrected chi connectivity index (χ2v) is 25.0. The lowest BCUT2D eigenvalue weighted by Crippen LogP contribution is -2.65. The number of hydrogen-bond donors (Lipinski definition) is 9. The van der Waals surface area contributed by atoms with Crippen molar-refractivity contribution in [1.29, 1.82) is 0 Å². The smallest absolute Gasteiger partial charge is 0.220 e. The molecule has 0 spiro atoms. The Labute approximate surface area is 495 Å². The molecule has 0 aliphatic carbocycles. The molecule has 2 rings (SSSR count). The van der Waals surface area contributed by atoms with Gasteiger partial charge >= 0.3 is 0 Å². The first-order valence-electron chi connectivity index (χ1n) is 34.8. The van der Waals surface area contributed by atoms with E-state index in [1.807, 2.05) is 0 Å². The molecule has 0 bridgehead atoms. The van der Waals surface area contributed by atoms with Crippen LogP contribution >= 0.6 is 0 Å². The van der Waals surface area contributed by atoms with Gasteiger partial charge in [-0.2, -0.15) is 0 Å². The van der Waals surface area contributed by atoms with Gasteiger partial charge in [-0.3, -0.25) is 4.79 Å². The Bertz CT molecular complexity index is 1360. The summed E-state index contributed by atoms with van der Waals surface area (Å²) in [6, 6.07) is -0.823. The number of ether oxygens (including phenoxy) is 4. The SMILES string of the molecule is CCCCCCCCCCCCCCCCCCCCCCCCCCCCCCCCCC(O)C(COC1OC(CO)C(OC2OC(CO)C(O)C(O)C2O)C(O)C1O)NC(=O)CCCCCCCCCCCCCCCCCC. The maximum Gasteiger partial charge on any atom is 0.220 e. The average molecular weight is 1160 g/mol. The molecule has 81 heavy (non-hydrogen) atoms. The van der Waals surface area contributed by atoms with Gasteiger partial charge in [-0.15, -0.1) is 0 Å². The number of unbranched alkanes of at least 4 members (excludes halogenated alkanes) is 45. The topological polar surface area (TPSA) is 228 Å². The molecule has 2 aliphatic heterocycles. The van der Waals surface area contributed by atoms with Gasteiger partial charge in [0.25, 0.3) is 0 Å². The number of aliphatic hydroxyl groups excluding tert-OH is 8. The van der Waals surface area contributed by atoms with E-state index in [1.165, 1.54) is 250 Å². The number of carbonyl (C=O) groups excluding carboxylic acids is 1. The maximum absolute atomic E-state index is 13.3. The van der Waals surface area contributed by atoms with Crippen molar-refractivity contribution in [3.05, 3.63) is 0 Å². The molecule has 0 aromatic carbocycles. The van der Waals surface area contributed by atoms with Gasteiger partial charge < -0.3 is 65.1 Å². The van der Waals surface area contributed by atoms with Gasteiger partial charge in [0.15, 0.2) is 12.6 Å². The molecule has 9 N–H and O–H groups in total. The van der Waals surface area contributed by atoms with Crippen LogP contribution in [0.3, 0.4) is 0 Å². The molecule has 482 valence electrons. The number of hydrogen-bond acceptors (Lipinski definition) is 13. The van der Waals surface area contributed by atoms with Gasteiger partial charge in [0.05, 0.1) is 32.0 Å². The van der Waals surface area contributed by atoms with Crippen LogP contribution in [0.1, 0.15) is 328 Å². The van der Waals surface area contributed by atoms with Gasteiger partial charge in [-0.25, -0.2) is 0 Å². The highest BCUT2D eigenvalue weighted by Crippen LogP contribution is 2.30. The highest BCUT2D eigenvalue weighted by molar-refractivity contribution is 5.76. The van der Waals surface area contributed by atoms with Crippen LogP contribution in [0.15, 0.2) is 0 Å². The second kappa shape index (κ2) is 53.2. The van der Waals surface area contributed by atoms with Gasteiger partial charge in [0, 0.05) is 6.42 Å². The van der Waals surface area contributed by atoms with Crippen molar-refractivity contribution in [3.8, 4) is 0 Å². The van der Waals surface area contributed by atoms with Crippen LogP contribution in [0.2, 0.25) is 0 Å². The summed E-state index contributed by atoms with van der Waals surface area (Å²) in [6.45, 7) is 2.92. The van der Waals surface area contributed by atoms with Crippen molar-refractivity contribution in [2.45, 2.75) is 402 Å². The Morgan fingerprint density at radius 3 is 1.05 bits per heavy atom. The molecule has 12 atom stereocenters. The predicted octanol–water partition coefficient (Wildman–Crippen LogP) is 13.6. The van der Waals surface area contributed by atoms with Crippen molar-refractivity contribution in [2.75, 3.05) is 19.8 Å². The molecule has 0 aromatic rings. The molecular weight excluding hydrogens is 1030 g/mol. The van der Waals surface area contributed by atoms with Crippen LogP contribution in [0.4, 0.5) is 0 Å². The second-order valence-electron chi connectivity index (χ2n) is 25.0. The van der Waals surface area contributed by atoms with Crippen molar-refractivity contribution in [3.63, 3.8) is 0 Å². The molecule has 2 fully saturated rings. The molecular formula is C67H131NO13. The summed E-state index contributed by atoms with van der Waals surface area (Å²) < 4.78 is 22.9. The fourth-order valence-electron chi connectivity index (χ4n) is 12.0. The number of carbonyl (C=O) groups is 1. The third kappa shape index (κ3) is 38.0. The molecule has 1 amide bonds. The Morgan fingerprint density at radius 2 is 0.704 bits per heavy atom. The lowest BCUT2D eigenvalue weighted by Gasteiger charge is -2.46. The third-order valence-corrected chi connectivity index (χ3v) is 17.6. The highest BCUT2D eigenvalue weighted by Gasteiger charge is 2.51. The van der Waals surface area contributed by atoms with Crippen LogP contribution < -0.4 is 5.32 Å².